The summed E-state index contributed by atoms with van der Waals surface area (Å²) in [6.45, 7) is 3.86. The van der Waals surface area contributed by atoms with Crippen molar-refractivity contribution in [1.82, 2.24) is 10.2 Å². The Hall–Kier alpha value is -1.79. The van der Waals surface area contributed by atoms with Gasteiger partial charge in [-0.2, -0.15) is 0 Å². The maximum atomic E-state index is 13.1. The predicted molar refractivity (Wildman–Crippen MR) is 136 cm³/mol. The molecule has 0 spiro atoms. The highest BCUT2D eigenvalue weighted by molar-refractivity contribution is 5.97. The third kappa shape index (κ3) is 7.85. The van der Waals surface area contributed by atoms with Gasteiger partial charge in [-0.15, -0.1) is 0 Å². The third-order valence-electron chi connectivity index (χ3n) is 8.68. The van der Waals surface area contributed by atoms with Crippen molar-refractivity contribution in [2.75, 3.05) is 33.4 Å². The van der Waals surface area contributed by atoms with Gasteiger partial charge in [0.1, 0.15) is 5.82 Å². The highest BCUT2D eigenvalue weighted by Crippen LogP contribution is 2.33. The topological polar surface area (TPSA) is 58.6 Å². The summed E-state index contributed by atoms with van der Waals surface area (Å²) in [7, 11) is 1.76. The molecule has 1 amide bonds. The van der Waals surface area contributed by atoms with Crippen molar-refractivity contribution in [1.29, 1.82) is 0 Å². The lowest BCUT2D eigenvalue weighted by atomic mass is 9.83. The van der Waals surface area contributed by atoms with Crippen molar-refractivity contribution < 1.29 is 18.7 Å². The number of methoxy groups -OCH3 is 1. The molecular formula is C29H43FN2O3. The van der Waals surface area contributed by atoms with Crippen molar-refractivity contribution >= 4 is 11.7 Å². The SMILES string of the molecule is COC[C@@H]1CC[C@@H](CC(=O)NC2CCC(CCN3CCC(C(=O)c4ccc(F)cc4)CC3)CC2)C1. The molecule has 5 nitrogen and oxygen atoms in total. The number of nitrogens with one attached hydrogen (secondary N) is 1. The lowest BCUT2D eigenvalue weighted by Gasteiger charge is -2.34. The third-order valence-corrected chi connectivity index (χ3v) is 8.68. The Bertz CT molecular complexity index is 814. The maximum absolute atomic E-state index is 13.1. The minimum absolute atomic E-state index is 0.0610. The number of hydrogen-bond donors (Lipinski definition) is 1. The first kappa shape index (κ1) is 26.3. The van der Waals surface area contributed by atoms with Gasteiger partial charge in [-0.3, -0.25) is 9.59 Å². The first-order valence-electron chi connectivity index (χ1n) is 13.8. The summed E-state index contributed by atoms with van der Waals surface area (Å²) in [5.74, 6) is 2.07. The number of benzene rings is 1. The molecule has 35 heavy (non-hydrogen) atoms. The highest BCUT2D eigenvalue weighted by atomic mass is 19.1. The van der Waals surface area contributed by atoms with Crippen molar-refractivity contribution in [3.63, 3.8) is 0 Å². The van der Waals surface area contributed by atoms with Gasteiger partial charge in [0.15, 0.2) is 5.78 Å². The largest absolute Gasteiger partial charge is 0.384 e. The number of ether oxygens (including phenoxy) is 1. The summed E-state index contributed by atoms with van der Waals surface area (Å²) < 4.78 is 18.4. The lowest BCUT2D eigenvalue weighted by Crippen LogP contribution is -2.39. The van der Waals surface area contributed by atoms with E-state index in [1.54, 1.807) is 19.2 Å². The Morgan fingerprint density at radius 3 is 2.29 bits per heavy atom. The van der Waals surface area contributed by atoms with Crippen molar-refractivity contribution in [3.05, 3.63) is 35.6 Å². The van der Waals surface area contributed by atoms with Crippen LogP contribution in [0.5, 0.6) is 0 Å². The molecule has 4 rings (SSSR count). The van der Waals surface area contributed by atoms with Gasteiger partial charge in [0.05, 0.1) is 0 Å². The molecule has 0 radical (unpaired) electrons. The fraction of sp³-hybridized carbons (Fsp3) is 0.724. The van der Waals surface area contributed by atoms with Gasteiger partial charge >= 0.3 is 0 Å². The van der Waals surface area contributed by atoms with E-state index in [0.717, 1.165) is 70.7 Å². The van der Waals surface area contributed by atoms with Crippen molar-refractivity contribution in [3.8, 4) is 0 Å². The molecule has 1 heterocycles. The Morgan fingerprint density at radius 1 is 0.943 bits per heavy atom. The second kappa shape index (κ2) is 13.0. The van der Waals surface area contributed by atoms with E-state index in [0.29, 0.717) is 29.9 Å². The number of rotatable bonds is 10. The number of hydrogen-bond acceptors (Lipinski definition) is 4. The molecule has 0 bridgehead atoms. The Morgan fingerprint density at radius 2 is 1.60 bits per heavy atom. The highest BCUT2D eigenvalue weighted by Gasteiger charge is 2.29. The molecule has 2 aliphatic carbocycles. The average Bonchev–Trinajstić information content (AvgIpc) is 3.31. The van der Waals surface area contributed by atoms with Crippen LogP contribution in [0.1, 0.15) is 81.0 Å². The van der Waals surface area contributed by atoms with Crippen LogP contribution in [-0.4, -0.2) is 56.0 Å². The minimum atomic E-state index is -0.298. The van der Waals surface area contributed by atoms with Crippen LogP contribution in [0.15, 0.2) is 24.3 Å². The molecular weight excluding hydrogens is 443 g/mol. The number of likely N-dealkylation sites (tertiary alicyclic amines) is 1. The van der Waals surface area contributed by atoms with E-state index in [1.165, 1.54) is 37.8 Å². The van der Waals surface area contributed by atoms with E-state index >= 15 is 0 Å². The van der Waals surface area contributed by atoms with E-state index < -0.39 is 0 Å². The average molecular weight is 487 g/mol. The fourth-order valence-corrected chi connectivity index (χ4v) is 6.53. The molecule has 1 N–H and O–H groups in total. The normalized spacial score (nSPS) is 28.2. The van der Waals surface area contributed by atoms with Gasteiger partial charge in [0.25, 0.3) is 0 Å². The maximum Gasteiger partial charge on any atom is 0.220 e. The first-order chi connectivity index (χ1) is 17.0. The zero-order valence-corrected chi connectivity index (χ0v) is 21.4. The number of carbonyl (C=O) groups is 2. The summed E-state index contributed by atoms with van der Waals surface area (Å²) in [5.41, 5.74) is 0.632. The Kier molecular flexibility index (Phi) is 9.73. The van der Waals surface area contributed by atoms with E-state index in [1.807, 2.05) is 0 Å². The van der Waals surface area contributed by atoms with Crippen molar-refractivity contribution in [2.45, 2.75) is 76.7 Å². The molecule has 2 saturated carbocycles. The molecule has 194 valence electrons. The standard InChI is InChI=1S/C29H43FN2O3/c1-35-20-23-3-2-22(18-23)19-28(33)31-27-10-4-21(5-11-27)12-15-32-16-13-25(14-17-32)29(34)24-6-8-26(30)9-7-24/h6-9,21-23,25,27H,2-5,10-20H2,1H3,(H,31,33)/t21?,22-,23-,27?/m1/s1. The van der Waals surface area contributed by atoms with Gasteiger partial charge in [0, 0.05) is 37.7 Å². The molecule has 1 aliphatic heterocycles. The number of carbonyl (C=O) groups excluding carboxylic acids is 2. The van der Waals surface area contributed by atoms with Crippen LogP contribution in [0.4, 0.5) is 4.39 Å². The molecule has 3 aliphatic rings. The van der Waals surface area contributed by atoms with E-state index in [2.05, 4.69) is 10.2 Å². The second-order valence-electron chi connectivity index (χ2n) is 11.3. The predicted octanol–water partition coefficient (Wildman–Crippen LogP) is 5.24. The van der Waals surface area contributed by atoms with Gasteiger partial charge in [-0.05, 0) is 126 Å². The Labute approximate surface area is 210 Å². The second-order valence-corrected chi connectivity index (χ2v) is 11.3. The van der Waals surface area contributed by atoms with Crippen LogP contribution in [0.25, 0.3) is 0 Å². The summed E-state index contributed by atoms with van der Waals surface area (Å²) in [6, 6.07) is 6.31. The van der Waals surface area contributed by atoms with Gasteiger partial charge in [-0.1, -0.05) is 0 Å². The number of amides is 1. The molecule has 1 aromatic rings. The van der Waals surface area contributed by atoms with Gasteiger partial charge < -0.3 is 15.0 Å². The molecule has 2 atom stereocenters. The fourth-order valence-electron chi connectivity index (χ4n) is 6.53. The number of ketones is 1. The smallest absolute Gasteiger partial charge is 0.220 e. The van der Waals surface area contributed by atoms with Crippen LogP contribution in [0.2, 0.25) is 0 Å². The van der Waals surface area contributed by atoms with Crippen LogP contribution < -0.4 is 5.32 Å². The zero-order chi connectivity index (χ0) is 24.6. The molecule has 0 aromatic heterocycles. The molecule has 6 heteroatoms. The number of nitrogens with zero attached hydrogens (tertiary/aromatic N) is 1. The van der Waals surface area contributed by atoms with E-state index in [4.69, 9.17) is 4.74 Å². The van der Waals surface area contributed by atoms with Gasteiger partial charge in [0.2, 0.25) is 5.91 Å². The van der Waals surface area contributed by atoms with E-state index in [9.17, 15) is 14.0 Å². The first-order valence-corrected chi connectivity index (χ1v) is 13.8. The zero-order valence-electron chi connectivity index (χ0n) is 21.4. The van der Waals surface area contributed by atoms with Crippen LogP contribution in [-0.2, 0) is 9.53 Å². The molecule has 1 aromatic carbocycles. The number of piperidine rings is 1. The number of Topliss-reactive ketones (excluding diaryl/α,β-unsaturated/α-hetero) is 1. The van der Waals surface area contributed by atoms with Crippen LogP contribution in [0.3, 0.4) is 0 Å². The molecule has 1 saturated heterocycles. The Balaban J connectivity index is 1.08. The molecule has 3 fully saturated rings. The summed E-state index contributed by atoms with van der Waals surface area (Å²) >= 11 is 0. The van der Waals surface area contributed by atoms with Gasteiger partial charge in [-0.25, -0.2) is 4.39 Å². The quantitative estimate of drug-likeness (QED) is 0.460. The summed E-state index contributed by atoms with van der Waals surface area (Å²) in [6.07, 6.45) is 11.7. The van der Waals surface area contributed by atoms with Crippen molar-refractivity contribution in [2.24, 2.45) is 23.7 Å². The molecule has 0 unspecified atom stereocenters. The summed E-state index contributed by atoms with van der Waals surface area (Å²) in [4.78, 5) is 27.7. The van der Waals surface area contributed by atoms with Crippen LogP contribution >= 0.6 is 0 Å². The lowest BCUT2D eigenvalue weighted by molar-refractivity contribution is -0.123. The van der Waals surface area contributed by atoms with Crippen LogP contribution in [0, 0.1) is 29.5 Å². The number of halogens is 1. The monoisotopic (exact) mass is 486 g/mol. The minimum Gasteiger partial charge on any atom is -0.384 e. The summed E-state index contributed by atoms with van der Waals surface area (Å²) in [5, 5.41) is 3.32. The van der Waals surface area contributed by atoms with E-state index in [-0.39, 0.29) is 23.4 Å².